The van der Waals surface area contributed by atoms with Crippen LogP contribution in [-0.4, -0.2) is 39.7 Å². The van der Waals surface area contributed by atoms with E-state index in [-0.39, 0.29) is 5.91 Å². The van der Waals surface area contributed by atoms with Crippen LogP contribution >= 0.6 is 11.6 Å². The van der Waals surface area contributed by atoms with E-state index in [1.165, 1.54) is 6.33 Å². The zero-order valence-corrected chi connectivity index (χ0v) is 9.73. The SMILES string of the molecule is O=C(c1cncnc1)N1CCC(CCCl)C1. The first-order chi connectivity index (χ1) is 7.81. The summed E-state index contributed by atoms with van der Waals surface area (Å²) in [5.41, 5.74) is 0.564. The van der Waals surface area contributed by atoms with Gasteiger partial charge in [-0.05, 0) is 18.8 Å². The zero-order valence-electron chi connectivity index (χ0n) is 8.97. The number of amides is 1. The molecule has 1 aliphatic heterocycles. The fourth-order valence-electron chi connectivity index (χ4n) is 2.00. The second-order valence-electron chi connectivity index (χ2n) is 4.01. The van der Waals surface area contributed by atoms with Gasteiger partial charge in [0.2, 0.25) is 0 Å². The van der Waals surface area contributed by atoms with E-state index in [9.17, 15) is 4.79 Å². The molecule has 86 valence electrons. The molecule has 1 aromatic rings. The van der Waals surface area contributed by atoms with Crippen LogP contribution in [0.5, 0.6) is 0 Å². The van der Waals surface area contributed by atoms with E-state index in [0.29, 0.717) is 17.4 Å². The fourth-order valence-corrected chi connectivity index (χ4v) is 2.31. The number of carbonyl (C=O) groups is 1. The van der Waals surface area contributed by atoms with E-state index in [4.69, 9.17) is 11.6 Å². The van der Waals surface area contributed by atoms with E-state index in [1.54, 1.807) is 12.4 Å². The lowest BCUT2D eigenvalue weighted by Crippen LogP contribution is -2.28. The summed E-state index contributed by atoms with van der Waals surface area (Å²) in [7, 11) is 0. The molecule has 0 radical (unpaired) electrons. The second-order valence-corrected chi connectivity index (χ2v) is 4.39. The average molecular weight is 240 g/mol. The lowest BCUT2D eigenvalue weighted by atomic mass is 10.1. The van der Waals surface area contributed by atoms with Crippen LogP contribution in [0.1, 0.15) is 23.2 Å². The van der Waals surface area contributed by atoms with Gasteiger partial charge in [0.15, 0.2) is 0 Å². The fraction of sp³-hybridized carbons (Fsp3) is 0.545. The van der Waals surface area contributed by atoms with Gasteiger partial charge in [0.05, 0.1) is 5.56 Å². The van der Waals surface area contributed by atoms with Crippen molar-refractivity contribution < 1.29 is 4.79 Å². The number of rotatable bonds is 3. The van der Waals surface area contributed by atoms with E-state index in [2.05, 4.69) is 9.97 Å². The molecule has 1 saturated heterocycles. The van der Waals surface area contributed by atoms with Crippen LogP contribution in [0.3, 0.4) is 0 Å². The number of hydrogen-bond acceptors (Lipinski definition) is 3. The molecule has 0 bridgehead atoms. The molecular weight excluding hydrogens is 226 g/mol. The predicted octanol–water partition coefficient (Wildman–Crippen LogP) is 1.57. The van der Waals surface area contributed by atoms with Gasteiger partial charge in [-0.15, -0.1) is 11.6 Å². The molecule has 0 aliphatic carbocycles. The first kappa shape index (κ1) is 11.3. The standard InChI is InChI=1S/C11H14ClN3O/c12-3-1-9-2-4-15(7-9)11(16)10-5-13-8-14-6-10/h5-6,8-9H,1-4,7H2. The molecule has 1 fully saturated rings. The molecule has 1 unspecified atom stereocenters. The summed E-state index contributed by atoms with van der Waals surface area (Å²) in [5, 5.41) is 0. The highest BCUT2D eigenvalue weighted by molar-refractivity contribution is 6.17. The molecule has 16 heavy (non-hydrogen) atoms. The normalized spacial score (nSPS) is 20.1. The Balaban J connectivity index is 1.97. The zero-order chi connectivity index (χ0) is 11.4. The van der Waals surface area contributed by atoms with Crippen LogP contribution in [0.2, 0.25) is 0 Å². The Morgan fingerprint density at radius 3 is 2.94 bits per heavy atom. The van der Waals surface area contributed by atoms with Crippen molar-refractivity contribution in [3.8, 4) is 0 Å². The van der Waals surface area contributed by atoms with Gasteiger partial charge in [0.1, 0.15) is 6.33 Å². The van der Waals surface area contributed by atoms with Crippen molar-refractivity contribution in [2.45, 2.75) is 12.8 Å². The lowest BCUT2D eigenvalue weighted by Gasteiger charge is -2.15. The minimum Gasteiger partial charge on any atom is -0.338 e. The molecule has 2 rings (SSSR count). The number of likely N-dealkylation sites (tertiary alicyclic amines) is 1. The van der Waals surface area contributed by atoms with Gasteiger partial charge in [-0.1, -0.05) is 0 Å². The predicted molar refractivity (Wildman–Crippen MR) is 61.4 cm³/mol. The lowest BCUT2D eigenvalue weighted by molar-refractivity contribution is 0.0786. The molecule has 0 saturated carbocycles. The number of carbonyl (C=O) groups excluding carboxylic acids is 1. The Kier molecular flexibility index (Phi) is 3.72. The highest BCUT2D eigenvalue weighted by Crippen LogP contribution is 2.21. The van der Waals surface area contributed by atoms with Crippen LogP contribution in [0.4, 0.5) is 0 Å². The van der Waals surface area contributed by atoms with Crippen LogP contribution < -0.4 is 0 Å². The summed E-state index contributed by atoms with van der Waals surface area (Å²) in [5.74, 6) is 1.24. The van der Waals surface area contributed by atoms with E-state index >= 15 is 0 Å². The van der Waals surface area contributed by atoms with Crippen LogP contribution in [0.25, 0.3) is 0 Å². The maximum Gasteiger partial charge on any atom is 0.256 e. The molecule has 1 aliphatic rings. The maximum absolute atomic E-state index is 12.0. The van der Waals surface area contributed by atoms with E-state index in [0.717, 1.165) is 25.9 Å². The minimum atomic E-state index is 0.0256. The molecule has 1 aromatic heterocycles. The van der Waals surface area contributed by atoms with Gasteiger partial charge in [-0.2, -0.15) is 0 Å². The quantitative estimate of drug-likeness (QED) is 0.753. The number of nitrogens with zero attached hydrogens (tertiary/aromatic N) is 3. The number of alkyl halides is 1. The second kappa shape index (κ2) is 5.25. The van der Waals surface area contributed by atoms with Crippen molar-refractivity contribution in [2.24, 2.45) is 5.92 Å². The van der Waals surface area contributed by atoms with Gasteiger partial charge in [0, 0.05) is 31.4 Å². The molecular formula is C11H14ClN3O. The van der Waals surface area contributed by atoms with Gasteiger partial charge in [-0.25, -0.2) is 9.97 Å². The minimum absolute atomic E-state index is 0.0256. The Bertz CT molecular complexity index is 358. The monoisotopic (exact) mass is 239 g/mol. The van der Waals surface area contributed by atoms with Gasteiger partial charge >= 0.3 is 0 Å². The molecule has 4 nitrogen and oxygen atoms in total. The summed E-state index contributed by atoms with van der Waals surface area (Å²) in [6.45, 7) is 1.62. The highest BCUT2D eigenvalue weighted by Gasteiger charge is 2.26. The first-order valence-electron chi connectivity index (χ1n) is 5.41. The van der Waals surface area contributed by atoms with Crippen molar-refractivity contribution in [1.82, 2.24) is 14.9 Å². The molecule has 0 aromatic carbocycles. The summed E-state index contributed by atoms with van der Waals surface area (Å²) >= 11 is 5.70. The van der Waals surface area contributed by atoms with Gasteiger partial charge in [0.25, 0.3) is 5.91 Å². The molecule has 5 heteroatoms. The van der Waals surface area contributed by atoms with E-state index < -0.39 is 0 Å². The first-order valence-corrected chi connectivity index (χ1v) is 5.95. The van der Waals surface area contributed by atoms with Crippen molar-refractivity contribution >= 4 is 17.5 Å². The summed E-state index contributed by atoms with van der Waals surface area (Å²) in [4.78, 5) is 21.6. The van der Waals surface area contributed by atoms with Crippen molar-refractivity contribution in [3.63, 3.8) is 0 Å². The maximum atomic E-state index is 12.0. The third kappa shape index (κ3) is 2.50. The third-order valence-electron chi connectivity index (χ3n) is 2.90. The number of hydrogen-bond donors (Lipinski definition) is 0. The summed E-state index contributed by atoms with van der Waals surface area (Å²) < 4.78 is 0. The van der Waals surface area contributed by atoms with Crippen molar-refractivity contribution in [3.05, 3.63) is 24.3 Å². The molecule has 2 heterocycles. The smallest absolute Gasteiger partial charge is 0.256 e. The van der Waals surface area contributed by atoms with Crippen molar-refractivity contribution in [1.29, 1.82) is 0 Å². The van der Waals surface area contributed by atoms with E-state index in [1.807, 2.05) is 4.90 Å². The largest absolute Gasteiger partial charge is 0.338 e. The third-order valence-corrected chi connectivity index (χ3v) is 3.12. The number of halogens is 1. The van der Waals surface area contributed by atoms with Crippen LogP contribution in [-0.2, 0) is 0 Å². The Morgan fingerprint density at radius 1 is 1.50 bits per heavy atom. The number of aromatic nitrogens is 2. The molecule has 1 atom stereocenters. The van der Waals surface area contributed by atoms with Crippen molar-refractivity contribution in [2.75, 3.05) is 19.0 Å². The Labute approximate surface area is 99.6 Å². The highest BCUT2D eigenvalue weighted by atomic mass is 35.5. The Hall–Kier alpha value is -1.16. The molecule has 0 N–H and O–H groups in total. The average Bonchev–Trinajstić information content (AvgIpc) is 2.78. The molecule has 1 amide bonds. The van der Waals surface area contributed by atoms with Gasteiger partial charge in [-0.3, -0.25) is 4.79 Å². The topological polar surface area (TPSA) is 46.1 Å². The summed E-state index contributed by atoms with van der Waals surface area (Å²) in [6.07, 6.45) is 6.58. The van der Waals surface area contributed by atoms with Crippen LogP contribution in [0.15, 0.2) is 18.7 Å². The summed E-state index contributed by atoms with van der Waals surface area (Å²) in [6, 6.07) is 0. The van der Waals surface area contributed by atoms with Crippen LogP contribution in [0, 0.1) is 5.92 Å². The molecule has 0 spiro atoms. The Morgan fingerprint density at radius 2 is 2.25 bits per heavy atom. The van der Waals surface area contributed by atoms with Gasteiger partial charge < -0.3 is 4.90 Å².